The van der Waals surface area contributed by atoms with E-state index < -0.39 is 11.9 Å². The van der Waals surface area contributed by atoms with Gasteiger partial charge in [0.2, 0.25) is 5.91 Å². The van der Waals surface area contributed by atoms with Crippen LogP contribution in [0.2, 0.25) is 0 Å². The van der Waals surface area contributed by atoms with E-state index in [9.17, 15) is 9.59 Å². The zero-order valence-corrected chi connectivity index (χ0v) is 18.7. The van der Waals surface area contributed by atoms with Gasteiger partial charge in [-0.2, -0.15) is 0 Å². The average Bonchev–Trinajstić information content (AvgIpc) is 3.25. The number of anilines is 1. The highest BCUT2D eigenvalue weighted by Crippen LogP contribution is 2.25. The maximum absolute atomic E-state index is 12.9. The molecule has 0 radical (unpaired) electrons. The van der Waals surface area contributed by atoms with Crippen molar-refractivity contribution in [2.24, 2.45) is 5.92 Å². The molecule has 162 valence electrons. The Labute approximate surface area is 185 Å². The summed E-state index contributed by atoms with van der Waals surface area (Å²) in [5.41, 5.74) is 2.10. The predicted molar refractivity (Wildman–Crippen MR) is 122 cm³/mol. The second-order valence-corrected chi connectivity index (χ2v) is 8.05. The number of ether oxygens (including phenoxy) is 2. The van der Waals surface area contributed by atoms with Crippen molar-refractivity contribution >= 4 is 28.3 Å². The summed E-state index contributed by atoms with van der Waals surface area (Å²) in [4.78, 5) is 30.2. The summed E-state index contributed by atoms with van der Waals surface area (Å²) >= 11 is 1.34. The fourth-order valence-corrected chi connectivity index (χ4v) is 3.68. The number of nitrogens with zero attached hydrogens (tertiary/aromatic N) is 1. The third kappa shape index (κ3) is 5.61. The van der Waals surface area contributed by atoms with Gasteiger partial charge in [0.15, 0.2) is 5.13 Å². The van der Waals surface area contributed by atoms with Crippen LogP contribution in [0.25, 0.3) is 11.3 Å². The van der Waals surface area contributed by atoms with Crippen molar-refractivity contribution in [3.8, 4) is 22.8 Å². The van der Waals surface area contributed by atoms with Crippen molar-refractivity contribution in [2.75, 3.05) is 19.5 Å². The van der Waals surface area contributed by atoms with Crippen LogP contribution in [0.4, 0.5) is 5.13 Å². The third-order valence-electron chi connectivity index (χ3n) is 4.65. The zero-order chi connectivity index (χ0) is 22.4. The lowest BCUT2D eigenvalue weighted by atomic mass is 10.0. The monoisotopic (exact) mass is 439 g/mol. The first kappa shape index (κ1) is 22.3. The van der Waals surface area contributed by atoms with Gasteiger partial charge < -0.3 is 20.1 Å². The number of amides is 2. The predicted octanol–water partition coefficient (Wildman–Crippen LogP) is 4.22. The van der Waals surface area contributed by atoms with Crippen molar-refractivity contribution in [1.82, 2.24) is 10.3 Å². The van der Waals surface area contributed by atoms with Gasteiger partial charge in [-0.25, -0.2) is 4.98 Å². The second-order valence-electron chi connectivity index (χ2n) is 7.19. The summed E-state index contributed by atoms with van der Waals surface area (Å²) in [6, 6.07) is 13.9. The quantitative estimate of drug-likeness (QED) is 0.549. The van der Waals surface area contributed by atoms with Crippen molar-refractivity contribution < 1.29 is 19.1 Å². The highest BCUT2D eigenvalue weighted by atomic mass is 32.1. The van der Waals surface area contributed by atoms with Gasteiger partial charge >= 0.3 is 0 Å². The number of rotatable bonds is 8. The van der Waals surface area contributed by atoms with Crippen molar-refractivity contribution in [3.63, 3.8) is 0 Å². The van der Waals surface area contributed by atoms with Crippen LogP contribution in [0, 0.1) is 5.92 Å². The molecule has 0 saturated carbocycles. The highest BCUT2D eigenvalue weighted by Gasteiger charge is 2.26. The molecule has 3 aromatic rings. The molecule has 0 aliphatic carbocycles. The number of methoxy groups -OCH3 is 2. The molecule has 7 nitrogen and oxygen atoms in total. The molecule has 1 aromatic heterocycles. The molecule has 1 atom stereocenters. The summed E-state index contributed by atoms with van der Waals surface area (Å²) in [5, 5.41) is 7.99. The molecular formula is C23H25N3O4S. The highest BCUT2D eigenvalue weighted by molar-refractivity contribution is 7.14. The summed E-state index contributed by atoms with van der Waals surface area (Å²) in [6.07, 6.45) is 0. The maximum Gasteiger partial charge on any atom is 0.252 e. The molecule has 0 spiro atoms. The van der Waals surface area contributed by atoms with E-state index in [0.717, 1.165) is 11.3 Å². The SMILES string of the molecule is COc1cc(OC)cc(C(=O)N[C@H](C(=O)Nc2nc(-c3ccccc3)cs2)C(C)C)c1. The Morgan fingerprint density at radius 3 is 2.23 bits per heavy atom. The lowest BCUT2D eigenvalue weighted by molar-refractivity contribution is -0.118. The number of thiazole rings is 1. The number of carbonyl (C=O) groups is 2. The third-order valence-corrected chi connectivity index (χ3v) is 5.41. The Morgan fingerprint density at radius 2 is 1.65 bits per heavy atom. The molecule has 0 fully saturated rings. The first-order valence-corrected chi connectivity index (χ1v) is 10.6. The largest absolute Gasteiger partial charge is 0.497 e. The van der Waals surface area contributed by atoms with E-state index in [1.54, 1.807) is 18.2 Å². The number of benzene rings is 2. The summed E-state index contributed by atoms with van der Waals surface area (Å²) in [7, 11) is 3.02. The molecule has 0 saturated heterocycles. The Balaban J connectivity index is 1.73. The molecule has 0 bridgehead atoms. The molecule has 2 aromatic carbocycles. The first-order valence-electron chi connectivity index (χ1n) is 9.77. The normalized spacial score (nSPS) is 11.6. The number of nitrogens with one attached hydrogen (secondary N) is 2. The lowest BCUT2D eigenvalue weighted by Crippen LogP contribution is -2.47. The van der Waals surface area contributed by atoms with Crippen LogP contribution >= 0.6 is 11.3 Å². The lowest BCUT2D eigenvalue weighted by Gasteiger charge is -2.21. The van der Waals surface area contributed by atoms with E-state index in [2.05, 4.69) is 15.6 Å². The maximum atomic E-state index is 12.9. The fraction of sp³-hybridized carbons (Fsp3) is 0.261. The summed E-state index contributed by atoms with van der Waals surface area (Å²) in [5.74, 6) is 0.130. The molecule has 8 heteroatoms. The standard InChI is InChI=1S/C23H25N3O4S/c1-14(2)20(25-21(27)16-10-17(29-3)12-18(11-16)30-4)22(28)26-23-24-19(13-31-23)15-8-6-5-7-9-15/h5-14,20H,1-4H3,(H,25,27)(H,24,26,28)/t20-/m0/s1. The Kier molecular flexibility index (Phi) is 7.25. The number of carbonyl (C=O) groups excluding carboxylic acids is 2. The van der Waals surface area contributed by atoms with Gasteiger partial charge in [0.25, 0.3) is 5.91 Å². The minimum atomic E-state index is -0.742. The molecule has 1 heterocycles. The van der Waals surface area contributed by atoms with Crippen LogP contribution < -0.4 is 20.1 Å². The van der Waals surface area contributed by atoms with E-state index in [0.29, 0.717) is 22.2 Å². The van der Waals surface area contributed by atoms with E-state index in [4.69, 9.17) is 9.47 Å². The van der Waals surface area contributed by atoms with E-state index in [-0.39, 0.29) is 11.8 Å². The molecule has 0 aliphatic heterocycles. The minimum Gasteiger partial charge on any atom is -0.497 e. The molecule has 0 aliphatic rings. The van der Waals surface area contributed by atoms with Gasteiger partial charge in [0.1, 0.15) is 17.5 Å². The number of aromatic nitrogens is 1. The van der Waals surface area contributed by atoms with Crippen LogP contribution in [0.5, 0.6) is 11.5 Å². The molecule has 0 unspecified atom stereocenters. The van der Waals surface area contributed by atoms with Gasteiger partial charge in [-0.3, -0.25) is 9.59 Å². The van der Waals surface area contributed by atoms with Gasteiger partial charge in [-0.05, 0) is 18.1 Å². The molecule has 31 heavy (non-hydrogen) atoms. The van der Waals surface area contributed by atoms with Crippen LogP contribution in [-0.2, 0) is 4.79 Å². The summed E-state index contributed by atoms with van der Waals surface area (Å²) in [6.45, 7) is 3.74. The van der Waals surface area contributed by atoms with Crippen LogP contribution in [0.1, 0.15) is 24.2 Å². The van der Waals surface area contributed by atoms with E-state index >= 15 is 0 Å². The summed E-state index contributed by atoms with van der Waals surface area (Å²) < 4.78 is 10.4. The Hall–Kier alpha value is -3.39. The van der Waals surface area contributed by atoms with Gasteiger partial charge in [-0.15, -0.1) is 11.3 Å². The van der Waals surface area contributed by atoms with Gasteiger partial charge in [0, 0.05) is 22.6 Å². The van der Waals surface area contributed by atoms with Crippen LogP contribution in [0.15, 0.2) is 53.9 Å². The molecule has 2 amide bonds. The second kappa shape index (κ2) is 10.1. The smallest absolute Gasteiger partial charge is 0.252 e. The van der Waals surface area contributed by atoms with Crippen LogP contribution in [0.3, 0.4) is 0 Å². The number of hydrogen-bond donors (Lipinski definition) is 2. The zero-order valence-electron chi connectivity index (χ0n) is 17.8. The number of hydrogen-bond acceptors (Lipinski definition) is 6. The molecule has 2 N–H and O–H groups in total. The minimum absolute atomic E-state index is 0.134. The van der Waals surface area contributed by atoms with Crippen LogP contribution in [-0.4, -0.2) is 37.1 Å². The Bertz CT molecular complexity index is 1030. The first-order chi connectivity index (χ1) is 14.9. The van der Waals surface area contributed by atoms with E-state index in [1.165, 1.54) is 25.6 Å². The van der Waals surface area contributed by atoms with Crippen molar-refractivity contribution in [2.45, 2.75) is 19.9 Å². The van der Waals surface area contributed by atoms with Crippen molar-refractivity contribution in [1.29, 1.82) is 0 Å². The Morgan fingerprint density at radius 1 is 1.00 bits per heavy atom. The molecule has 3 rings (SSSR count). The average molecular weight is 440 g/mol. The van der Waals surface area contributed by atoms with Gasteiger partial charge in [0.05, 0.1) is 19.9 Å². The van der Waals surface area contributed by atoms with E-state index in [1.807, 2.05) is 49.6 Å². The van der Waals surface area contributed by atoms with Crippen molar-refractivity contribution in [3.05, 3.63) is 59.5 Å². The topological polar surface area (TPSA) is 89.5 Å². The fourth-order valence-electron chi connectivity index (χ4n) is 2.95. The molecular weight excluding hydrogens is 414 g/mol. The van der Waals surface area contributed by atoms with Gasteiger partial charge in [-0.1, -0.05) is 44.2 Å².